The Bertz CT molecular complexity index is 431. The maximum atomic E-state index is 4.21. The minimum absolute atomic E-state index is 0.768. The molecule has 2 heterocycles. The normalized spacial score (nSPS) is 10.6. The van der Waals surface area contributed by atoms with E-state index in [2.05, 4.69) is 35.2 Å². The highest BCUT2D eigenvalue weighted by molar-refractivity contribution is 7.12. The first kappa shape index (κ1) is 11.2. The minimum atomic E-state index is 0.768. The van der Waals surface area contributed by atoms with Crippen molar-refractivity contribution in [3.63, 3.8) is 0 Å². The van der Waals surface area contributed by atoms with Gasteiger partial charge in [0.25, 0.3) is 0 Å². The Balaban J connectivity index is 1.84. The van der Waals surface area contributed by atoms with Crippen LogP contribution in [-0.4, -0.2) is 9.97 Å². The average molecular weight is 233 g/mol. The molecule has 2 rings (SSSR count). The molecule has 0 aliphatic heterocycles. The summed E-state index contributed by atoms with van der Waals surface area (Å²) >= 11 is 1.85. The average Bonchev–Trinajstić information content (AvgIpc) is 2.60. The molecule has 0 spiro atoms. The third-order valence-electron chi connectivity index (χ3n) is 2.44. The SMILES string of the molecule is Cc1cc(CNCc2cnccn2)sc1C. The summed E-state index contributed by atoms with van der Waals surface area (Å²) in [6.07, 6.45) is 5.20. The fourth-order valence-corrected chi connectivity index (χ4v) is 2.49. The summed E-state index contributed by atoms with van der Waals surface area (Å²) in [7, 11) is 0. The lowest BCUT2D eigenvalue weighted by atomic mass is 10.3. The van der Waals surface area contributed by atoms with Crippen molar-refractivity contribution in [2.75, 3.05) is 0 Å². The van der Waals surface area contributed by atoms with Crippen molar-refractivity contribution >= 4 is 11.3 Å². The van der Waals surface area contributed by atoms with Gasteiger partial charge in [0.1, 0.15) is 0 Å². The van der Waals surface area contributed by atoms with E-state index in [1.165, 1.54) is 15.3 Å². The Hall–Kier alpha value is -1.26. The number of hydrogen-bond acceptors (Lipinski definition) is 4. The second-order valence-electron chi connectivity index (χ2n) is 3.75. The number of thiophene rings is 1. The maximum absolute atomic E-state index is 4.21. The Morgan fingerprint density at radius 1 is 1.25 bits per heavy atom. The molecule has 84 valence electrons. The summed E-state index contributed by atoms with van der Waals surface area (Å²) in [5, 5.41) is 3.37. The fourth-order valence-electron chi connectivity index (χ4n) is 1.47. The van der Waals surface area contributed by atoms with Gasteiger partial charge in [-0.2, -0.15) is 0 Å². The van der Waals surface area contributed by atoms with Crippen LogP contribution in [0.3, 0.4) is 0 Å². The minimum Gasteiger partial charge on any atom is -0.306 e. The van der Waals surface area contributed by atoms with E-state index >= 15 is 0 Å². The van der Waals surface area contributed by atoms with Crippen molar-refractivity contribution in [2.45, 2.75) is 26.9 Å². The predicted octanol–water partition coefficient (Wildman–Crippen LogP) is 2.44. The molecule has 1 N–H and O–H groups in total. The standard InChI is InChI=1S/C12H15N3S/c1-9-5-12(16-10(9)2)8-14-7-11-6-13-3-4-15-11/h3-6,14H,7-8H2,1-2H3. The van der Waals surface area contributed by atoms with Gasteiger partial charge in [0.05, 0.1) is 5.69 Å². The van der Waals surface area contributed by atoms with E-state index in [0.29, 0.717) is 0 Å². The first-order valence-electron chi connectivity index (χ1n) is 5.27. The van der Waals surface area contributed by atoms with Crippen molar-refractivity contribution in [2.24, 2.45) is 0 Å². The molecule has 0 aliphatic carbocycles. The lowest BCUT2D eigenvalue weighted by Gasteiger charge is -2.01. The molecule has 0 aromatic carbocycles. The molecular weight excluding hydrogens is 218 g/mol. The Kier molecular flexibility index (Phi) is 3.64. The van der Waals surface area contributed by atoms with E-state index in [9.17, 15) is 0 Å². The lowest BCUT2D eigenvalue weighted by molar-refractivity contribution is 0.683. The molecule has 4 heteroatoms. The van der Waals surface area contributed by atoms with Gasteiger partial charge in [0.2, 0.25) is 0 Å². The number of hydrogen-bond donors (Lipinski definition) is 1. The van der Waals surface area contributed by atoms with Crippen LogP contribution in [0, 0.1) is 13.8 Å². The fraction of sp³-hybridized carbons (Fsp3) is 0.333. The van der Waals surface area contributed by atoms with Crippen LogP contribution in [0.1, 0.15) is 21.0 Å². The lowest BCUT2D eigenvalue weighted by Crippen LogP contribution is -2.12. The second kappa shape index (κ2) is 5.18. The quantitative estimate of drug-likeness (QED) is 0.881. The van der Waals surface area contributed by atoms with Crippen molar-refractivity contribution in [3.8, 4) is 0 Å². The summed E-state index contributed by atoms with van der Waals surface area (Å²) in [4.78, 5) is 11.0. The van der Waals surface area contributed by atoms with E-state index in [1.54, 1.807) is 18.6 Å². The molecule has 0 radical (unpaired) electrons. The Morgan fingerprint density at radius 3 is 2.75 bits per heavy atom. The molecule has 0 atom stereocenters. The van der Waals surface area contributed by atoms with Gasteiger partial charge >= 0.3 is 0 Å². The van der Waals surface area contributed by atoms with Crippen molar-refractivity contribution < 1.29 is 0 Å². The van der Waals surface area contributed by atoms with Gasteiger partial charge in [-0.05, 0) is 25.5 Å². The molecule has 0 saturated carbocycles. The number of nitrogens with zero attached hydrogens (tertiary/aromatic N) is 2. The molecule has 2 aromatic rings. The maximum Gasteiger partial charge on any atom is 0.0724 e. The molecule has 3 nitrogen and oxygen atoms in total. The van der Waals surface area contributed by atoms with E-state index in [0.717, 1.165) is 18.8 Å². The van der Waals surface area contributed by atoms with Gasteiger partial charge in [0, 0.05) is 41.4 Å². The van der Waals surface area contributed by atoms with Gasteiger partial charge in [-0.25, -0.2) is 0 Å². The molecular formula is C12H15N3S. The van der Waals surface area contributed by atoms with E-state index in [-0.39, 0.29) is 0 Å². The van der Waals surface area contributed by atoms with Crippen LogP contribution in [0.15, 0.2) is 24.7 Å². The van der Waals surface area contributed by atoms with Crippen LogP contribution in [-0.2, 0) is 13.1 Å². The van der Waals surface area contributed by atoms with Gasteiger partial charge < -0.3 is 5.32 Å². The number of aryl methyl sites for hydroxylation is 2. The van der Waals surface area contributed by atoms with Gasteiger partial charge in [-0.1, -0.05) is 0 Å². The highest BCUT2D eigenvalue weighted by Gasteiger charge is 2.01. The van der Waals surface area contributed by atoms with Crippen LogP contribution < -0.4 is 5.32 Å². The zero-order chi connectivity index (χ0) is 11.4. The van der Waals surface area contributed by atoms with Crippen LogP contribution >= 0.6 is 11.3 Å². The molecule has 0 amide bonds. The van der Waals surface area contributed by atoms with E-state index in [4.69, 9.17) is 0 Å². The van der Waals surface area contributed by atoms with Crippen LogP contribution in [0.25, 0.3) is 0 Å². The van der Waals surface area contributed by atoms with E-state index < -0.39 is 0 Å². The summed E-state index contributed by atoms with van der Waals surface area (Å²) in [6, 6.07) is 2.24. The molecule has 0 saturated heterocycles. The molecule has 16 heavy (non-hydrogen) atoms. The first-order chi connectivity index (χ1) is 7.75. The smallest absolute Gasteiger partial charge is 0.0724 e. The number of nitrogens with one attached hydrogen (secondary N) is 1. The highest BCUT2D eigenvalue weighted by atomic mass is 32.1. The molecule has 0 bridgehead atoms. The number of aromatic nitrogens is 2. The first-order valence-corrected chi connectivity index (χ1v) is 6.09. The summed E-state index contributed by atoms with van der Waals surface area (Å²) in [5.41, 5.74) is 2.36. The zero-order valence-electron chi connectivity index (χ0n) is 9.53. The van der Waals surface area contributed by atoms with Gasteiger partial charge in [0.15, 0.2) is 0 Å². The summed E-state index contributed by atoms with van der Waals surface area (Å²) in [6.45, 7) is 5.98. The number of rotatable bonds is 4. The molecule has 2 aromatic heterocycles. The van der Waals surface area contributed by atoms with Crippen molar-refractivity contribution in [3.05, 3.63) is 45.7 Å². The van der Waals surface area contributed by atoms with Crippen molar-refractivity contribution in [1.82, 2.24) is 15.3 Å². The monoisotopic (exact) mass is 233 g/mol. The predicted molar refractivity (Wildman–Crippen MR) is 66.4 cm³/mol. The Labute approximate surface area is 99.6 Å². The van der Waals surface area contributed by atoms with Crippen LogP contribution in [0.5, 0.6) is 0 Å². The molecule has 0 aliphatic rings. The molecule has 0 unspecified atom stereocenters. The topological polar surface area (TPSA) is 37.8 Å². The second-order valence-corrected chi connectivity index (χ2v) is 5.09. The molecule has 0 fully saturated rings. The van der Waals surface area contributed by atoms with Crippen molar-refractivity contribution in [1.29, 1.82) is 0 Å². The van der Waals surface area contributed by atoms with Crippen LogP contribution in [0.4, 0.5) is 0 Å². The van der Waals surface area contributed by atoms with Gasteiger partial charge in [-0.15, -0.1) is 11.3 Å². The Morgan fingerprint density at radius 2 is 2.12 bits per heavy atom. The van der Waals surface area contributed by atoms with E-state index in [1.807, 2.05) is 11.3 Å². The van der Waals surface area contributed by atoms with Gasteiger partial charge in [-0.3, -0.25) is 9.97 Å². The largest absolute Gasteiger partial charge is 0.306 e. The third kappa shape index (κ3) is 2.87. The zero-order valence-corrected chi connectivity index (χ0v) is 10.3. The third-order valence-corrected chi connectivity index (χ3v) is 3.59. The summed E-state index contributed by atoms with van der Waals surface area (Å²) < 4.78 is 0. The highest BCUT2D eigenvalue weighted by Crippen LogP contribution is 2.20. The van der Waals surface area contributed by atoms with Crippen LogP contribution in [0.2, 0.25) is 0 Å². The summed E-state index contributed by atoms with van der Waals surface area (Å²) in [5.74, 6) is 0.